The standard InChI is InChI=1S/C18H28N2O3/c1-11(2)19-16-10-14(8-9-15(16)18(22)23-7)17(21)20(12(3)4)13(5)6/h8-13,19H,1-7H3. The predicted molar refractivity (Wildman–Crippen MR) is 93.0 cm³/mol. The minimum atomic E-state index is -0.420. The summed E-state index contributed by atoms with van der Waals surface area (Å²) < 4.78 is 4.81. The summed E-state index contributed by atoms with van der Waals surface area (Å²) in [6.07, 6.45) is 0. The van der Waals surface area contributed by atoms with E-state index in [0.29, 0.717) is 16.8 Å². The molecule has 128 valence electrons. The van der Waals surface area contributed by atoms with Crippen molar-refractivity contribution in [1.82, 2.24) is 4.90 Å². The number of carbonyl (C=O) groups is 2. The lowest BCUT2D eigenvalue weighted by molar-refractivity contribution is 0.0597. The molecule has 0 saturated heterocycles. The Hall–Kier alpha value is -2.04. The van der Waals surface area contributed by atoms with Gasteiger partial charge in [0.2, 0.25) is 0 Å². The molecule has 0 fully saturated rings. The van der Waals surface area contributed by atoms with Crippen LogP contribution >= 0.6 is 0 Å². The number of methoxy groups -OCH3 is 1. The molecule has 1 N–H and O–H groups in total. The smallest absolute Gasteiger partial charge is 0.339 e. The quantitative estimate of drug-likeness (QED) is 0.814. The number of nitrogens with zero attached hydrogens (tertiary/aromatic N) is 1. The van der Waals surface area contributed by atoms with Gasteiger partial charge in [0.15, 0.2) is 0 Å². The predicted octanol–water partition coefficient (Wildman–Crippen LogP) is 3.55. The number of anilines is 1. The lowest BCUT2D eigenvalue weighted by Gasteiger charge is -2.31. The van der Waals surface area contributed by atoms with E-state index in [1.54, 1.807) is 18.2 Å². The highest BCUT2D eigenvalue weighted by Gasteiger charge is 2.23. The first-order valence-electron chi connectivity index (χ1n) is 8.00. The zero-order chi connectivity index (χ0) is 17.7. The molecule has 0 aromatic heterocycles. The maximum atomic E-state index is 12.8. The van der Waals surface area contributed by atoms with Gasteiger partial charge in [0.1, 0.15) is 0 Å². The second kappa shape index (κ2) is 7.99. The summed E-state index contributed by atoms with van der Waals surface area (Å²) in [5.74, 6) is -0.463. The van der Waals surface area contributed by atoms with E-state index in [2.05, 4.69) is 5.32 Å². The van der Waals surface area contributed by atoms with Gasteiger partial charge in [0.25, 0.3) is 5.91 Å². The molecule has 0 saturated carbocycles. The summed E-state index contributed by atoms with van der Waals surface area (Å²) in [4.78, 5) is 26.5. The van der Waals surface area contributed by atoms with Crippen molar-refractivity contribution >= 4 is 17.6 Å². The van der Waals surface area contributed by atoms with Crippen molar-refractivity contribution in [3.63, 3.8) is 0 Å². The van der Waals surface area contributed by atoms with Crippen LogP contribution in [0.4, 0.5) is 5.69 Å². The number of nitrogens with one attached hydrogen (secondary N) is 1. The van der Waals surface area contributed by atoms with Gasteiger partial charge in [0.05, 0.1) is 12.7 Å². The summed E-state index contributed by atoms with van der Waals surface area (Å²) in [6, 6.07) is 5.39. The molecule has 5 heteroatoms. The molecular formula is C18H28N2O3. The van der Waals surface area contributed by atoms with E-state index in [4.69, 9.17) is 4.74 Å². The molecule has 23 heavy (non-hydrogen) atoms. The van der Waals surface area contributed by atoms with E-state index in [9.17, 15) is 9.59 Å². The first kappa shape index (κ1) is 19.0. The molecule has 1 aromatic carbocycles. The number of benzene rings is 1. The molecule has 0 aliphatic heterocycles. The van der Waals surface area contributed by atoms with Crippen LogP contribution in [0.3, 0.4) is 0 Å². The van der Waals surface area contributed by atoms with E-state index in [-0.39, 0.29) is 24.0 Å². The molecule has 0 radical (unpaired) electrons. The van der Waals surface area contributed by atoms with E-state index in [1.165, 1.54) is 7.11 Å². The molecule has 0 atom stereocenters. The fourth-order valence-electron chi connectivity index (χ4n) is 2.61. The summed E-state index contributed by atoms with van der Waals surface area (Å²) in [7, 11) is 1.35. The molecule has 5 nitrogen and oxygen atoms in total. The lowest BCUT2D eigenvalue weighted by atomic mass is 10.1. The Morgan fingerprint density at radius 1 is 1.04 bits per heavy atom. The van der Waals surface area contributed by atoms with E-state index < -0.39 is 5.97 Å². The number of carbonyl (C=O) groups excluding carboxylic acids is 2. The second-order valence-electron chi connectivity index (χ2n) is 6.45. The Morgan fingerprint density at radius 2 is 1.61 bits per heavy atom. The highest BCUT2D eigenvalue weighted by molar-refractivity contribution is 6.00. The zero-order valence-electron chi connectivity index (χ0n) is 15.1. The second-order valence-corrected chi connectivity index (χ2v) is 6.45. The van der Waals surface area contributed by atoms with Crippen molar-refractivity contribution in [3.8, 4) is 0 Å². The Balaban J connectivity index is 3.28. The Labute approximate surface area is 139 Å². The Kier molecular flexibility index (Phi) is 6.61. The Bertz CT molecular complexity index is 557. The highest BCUT2D eigenvalue weighted by Crippen LogP contribution is 2.22. The van der Waals surface area contributed by atoms with Crippen LogP contribution in [0.1, 0.15) is 62.3 Å². The van der Waals surface area contributed by atoms with Gasteiger partial charge >= 0.3 is 5.97 Å². The van der Waals surface area contributed by atoms with Crippen LogP contribution in [0.2, 0.25) is 0 Å². The molecule has 0 spiro atoms. The van der Waals surface area contributed by atoms with E-state index >= 15 is 0 Å². The van der Waals surface area contributed by atoms with Crippen molar-refractivity contribution in [3.05, 3.63) is 29.3 Å². The number of hydrogen-bond donors (Lipinski definition) is 1. The van der Waals surface area contributed by atoms with Gasteiger partial charge in [-0.3, -0.25) is 4.79 Å². The average Bonchev–Trinajstić information content (AvgIpc) is 2.44. The van der Waals surface area contributed by atoms with Gasteiger partial charge in [-0.25, -0.2) is 4.79 Å². The van der Waals surface area contributed by atoms with Crippen LogP contribution in [0.25, 0.3) is 0 Å². The van der Waals surface area contributed by atoms with Crippen molar-refractivity contribution in [2.45, 2.75) is 59.7 Å². The molecule has 0 aliphatic carbocycles. The van der Waals surface area contributed by atoms with Crippen LogP contribution in [0.15, 0.2) is 18.2 Å². The fraction of sp³-hybridized carbons (Fsp3) is 0.556. The molecule has 0 unspecified atom stereocenters. The van der Waals surface area contributed by atoms with Gasteiger partial charge in [-0.1, -0.05) is 0 Å². The Morgan fingerprint density at radius 3 is 2.04 bits per heavy atom. The van der Waals surface area contributed by atoms with Crippen LogP contribution < -0.4 is 5.32 Å². The van der Waals surface area contributed by atoms with Crippen LogP contribution in [-0.4, -0.2) is 42.0 Å². The lowest BCUT2D eigenvalue weighted by Crippen LogP contribution is -2.42. The molecule has 1 rings (SSSR count). The SMILES string of the molecule is COC(=O)c1ccc(C(=O)N(C(C)C)C(C)C)cc1NC(C)C. The van der Waals surface area contributed by atoms with Crippen molar-refractivity contribution in [2.75, 3.05) is 12.4 Å². The van der Waals surface area contributed by atoms with Crippen molar-refractivity contribution in [1.29, 1.82) is 0 Å². The molecule has 0 bridgehead atoms. The highest BCUT2D eigenvalue weighted by atomic mass is 16.5. The maximum Gasteiger partial charge on any atom is 0.339 e. The van der Waals surface area contributed by atoms with E-state index in [0.717, 1.165) is 0 Å². The minimum Gasteiger partial charge on any atom is -0.465 e. The summed E-state index contributed by atoms with van der Waals surface area (Å²) >= 11 is 0. The summed E-state index contributed by atoms with van der Waals surface area (Å²) in [6.45, 7) is 11.9. The first-order chi connectivity index (χ1) is 10.7. The largest absolute Gasteiger partial charge is 0.465 e. The monoisotopic (exact) mass is 320 g/mol. The third-order valence-electron chi connectivity index (χ3n) is 3.46. The van der Waals surface area contributed by atoms with Crippen LogP contribution in [-0.2, 0) is 4.74 Å². The number of ether oxygens (including phenoxy) is 1. The topological polar surface area (TPSA) is 58.6 Å². The van der Waals surface area contributed by atoms with Crippen LogP contribution in [0, 0.1) is 0 Å². The van der Waals surface area contributed by atoms with Gasteiger partial charge in [-0.15, -0.1) is 0 Å². The third-order valence-corrected chi connectivity index (χ3v) is 3.46. The van der Waals surface area contributed by atoms with Crippen molar-refractivity contribution in [2.24, 2.45) is 0 Å². The molecule has 0 heterocycles. The van der Waals surface area contributed by atoms with Gasteiger partial charge < -0.3 is 15.0 Å². The number of rotatable bonds is 6. The minimum absolute atomic E-state index is 0.0433. The van der Waals surface area contributed by atoms with Crippen molar-refractivity contribution < 1.29 is 14.3 Å². The third kappa shape index (κ3) is 4.71. The van der Waals surface area contributed by atoms with Gasteiger partial charge in [-0.2, -0.15) is 0 Å². The summed E-state index contributed by atoms with van der Waals surface area (Å²) in [5.41, 5.74) is 1.60. The van der Waals surface area contributed by atoms with Crippen LogP contribution in [0.5, 0.6) is 0 Å². The van der Waals surface area contributed by atoms with Gasteiger partial charge in [-0.05, 0) is 59.7 Å². The average molecular weight is 320 g/mol. The molecular weight excluding hydrogens is 292 g/mol. The first-order valence-corrected chi connectivity index (χ1v) is 8.00. The molecule has 1 aromatic rings. The maximum absolute atomic E-state index is 12.8. The fourth-order valence-corrected chi connectivity index (χ4v) is 2.61. The number of hydrogen-bond acceptors (Lipinski definition) is 4. The van der Waals surface area contributed by atoms with E-state index in [1.807, 2.05) is 46.4 Å². The summed E-state index contributed by atoms with van der Waals surface area (Å²) in [5, 5.41) is 3.21. The zero-order valence-corrected chi connectivity index (χ0v) is 15.1. The molecule has 1 amide bonds. The van der Waals surface area contributed by atoms with Gasteiger partial charge in [0, 0.05) is 29.4 Å². The molecule has 0 aliphatic rings. The normalized spacial score (nSPS) is 11.0. The number of amides is 1. The number of esters is 1.